The molecule has 0 spiro atoms. The van der Waals surface area contributed by atoms with Gasteiger partial charge >= 0.3 is 0 Å². The molecule has 1 heterocycles. The number of anilines is 1. The van der Waals surface area contributed by atoms with Crippen LogP contribution in [0.5, 0.6) is 0 Å². The Hall–Kier alpha value is -1.12. The molecule has 1 saturated carbocycles. The Morgan fingerprint density at radius 3 is 2.56 bits per heavy atom. The Morgan fingerprint density at radius 2 is 1.89 bits per heavy atom. The molecular formula is C15H25N3. The summed E-state index contributed by atoms with van der Waals surface area (Å²) in [6.45, 7) is 8.65. The number of hydrogen-bond donors (Lipinski definition) is 1. The maximum atomic E-state index is 4.50. The highest BCUT2D eigenvalue weighted by atomic mass is 15.1. The van der Waals surface area contributed by atoms with Gasteiger partial charge in [0.05, 0.1) is 0 Å². The predicted octanol–water partition coefficient (Wildman–Crippen LogP) is 3.72. The lowest BCUT2D eigenvalue weighted by Crippen LogP contribution is -2.35. The molecule has 2 atom stereocenters. The predicted molar refractivity (Wildman–Crippen MR) is 75.7 cm³/mol. The van der Waals surface area contributed by atoms with E-state index in [4.69, 9.17) is 0 Å². The molecule has 1 aliphatic rings. The number of hydrogen-bond acceptors (Lipinski definition) is 3. The minimum Gasteiger partial charge on any atom is -0.367 e. The van der Waals surface area contributed by atoms with Gasteiger partial charge in [0.25, 0.3) is 0 Å². The van der Waals surface area contributed by atoms with Gasteiger partial charge in [0.1, 0.15) is 11.6 Å². The highest BCUT2D eigenvalue weighted by Crippen LogP contribution is 2.32. The van der Waals surface area contributed by atoms with Crippen LogP contribution >= 0.6 is 0 Å². The average Bonchev–Trinajstić information content (AvgIpc) is 2.27. The van der Waals surface area contributed by atoms with E-state index >= 15 is 0 Å². The molecule has 0 radical (unpaired) electrons. The Labute approximate surface area is 110 Å². The van der Waals surface area contributed by atoms with E-state index in [0.717, 1.165) is 29.2 Å². The lowest BCUT2D eigenvalue weighted by Gasteiger charge is -2.35. The molecular weight excluding hydrogens is 222 g/mol. The van der Waals surface area contributed by atoms with Crippen LogP contribution in [-0.2, 0) is 0 Å². The van der Waals surface area contributed by atoms with Crippen molar-refractivity contribution in [1.29, 1.82) is 0 Å². The monoisotopic (exact) mass is 247 g/mol. The molecule has 2 unspecified atom stereocenters. The summed E-state index contributed by atoms with van der Waals surface area (Å²) in [6, 6.07) is 2.63. The van der Waals surface area contributed by atoms with Crippen molar-refractivity contribution < 1.29 is 0 Å². The number of aromatic nitrogens is 2. The number of nitrogens with one attached hydrogen (secondary N) is 1. The molecule has 100 valence electrons. The standard InChI is InChI=1S/C15H25N3/c1-10(2)13-7-5-6-8-14(13)18-15-9-11(3)16-12(4)17-15/h9-10,13-14H,5-8H2,1-4H3,(H,16,17,18). The lowest BCUT2D eigenvalue weighted by atomic mass is 9.78. The molecule has 0 saturated heterocycles. The fourth-order valence-corrected chi connectivity index (χ4v) is 3.12. The summed E-state index contributed by atoms with van der Waals surface area (Å²) in [5.41, 5.74) is 1.04. The second-order valence-electron chi connectivity index (χ2n) is 5.88. The average molecular weight is 247 g/mol. The third-order valence-electron chi connectivity index (χ3n) is 3.98. The Bertz CT molecular complexity index is 380. The highest BCUT2D eigenvalue weighted by molar-refractivity contribution is 5.37. The van der Waals surface area contributed by atoms with E-state index in [1.165, 1.54) is 25.7 Å². The van der Waals surface area contributed by atoms with Gasteiger partial charge in [-0.05, 0) is 38.5 Å². The quantitative estimate of drug-likeness (QED) is 0.884. The Balaban J connectivity index is 2.10. The van der Waals surface area contributed by atoms with Crippen molar-refractivity contribution in [2.45, 2.75) is 59.4 Å². The highest BCUT2D eigenvalue weighted by Gasteiger charge is 2.27. The first-order chi connectivity index (χ1) is 8.56. The van der Waals surface area contributed by atoms with Crippen molar-refractivity contribution in [3.8, 4) is 0 Å². The van der Waals surface area contributed by atoms with Crippen LogP contribution in [0.2, 0.25) is 0 Å². The fraction of sp³-hybridized carbons (Fsp3) is 0.733. The van der Waals surface area contributed by atoms with Crippen LogP contribution < -0.4 is 5.32 Å². The van der Waals surface area contributed by atoms with Crippen LogP contribution in [0.15, 0.2) is 6.07 Å². The molecule has 1 aliphatic carbocycles. The summed E-state index contributed by atoms with van der Waals surface area (Å²) in [4.78, 5) is 8.83. The first-order valence-electron chi connectivity index (χ1n) is 7.15. The smallest absolute Gasteiger partial charge is 0.130 e. The largest absolute Gasteiger partial charge is 0.367 e. The van der Waals surface area contributed by atoms with E-state index in [2.05, 4.69) is 35.2 Å². The molecule has 3 heteroatoms. The van der Waals surface area contributed by atoms with Gasteiger partial charge in [-0.25, -0.2) is 9.97 Å². The molecule has 1 aromatic rings. The third-order valence-corrected chi connectivity index (χ3v) is 3.98. The van der Waals surface area contributed by atoms with Crippen molar-refractivity contribution in [2.75, 3.05) is 5.32 Å². The molecule has 3 nitrogen and oxygen atoms in total. The van der Waals surface area contributed by atoms with E-state index in [1.807, 2.05) is 13.8 Å². The van der Waals surface area contributed by atoms with E-state index in [9.17, 15) is 0 Å². The number of rotatable bonds is 3. The van der Waals surface area contributed by atoms with Gasteiger partial charge in [-0.1, -0.05) is 26.7 Å². The van der Waals surface area contributed by atoms with Crippen LogP contribution in [0.3, 0.4) is 0 Å². The van der Waals surface area contributed by atoms with Crippen LogP contribution in [0.1, 0.15) is 51.0 Å². The molecule has 2 rings (SSSR count). The number of nitrogens with zero attached hydrogens (tertiary/aromatic N) is 2. The van der Waals surface area contributed by atoms with E-state index in [0.29, 0.717) is 6.04 Å². The summed E-state index contributed by atoms with van der Waals surface area (Å²) in [5, 5.41) is 3.64. The molecule has 18 heavy (non-hydrogen) atoms. The molecule has 1 fully saturated rings. The Morgan fingerprint density at radius 1 is 1.17 bits per heavy atom. The zero-order valence-electron chi connectivity index (χ0n) is 12.0. The van der Waals surface area contributed by atoms with Crippen LogP contribution in [-0.4, -0.2) is 16.0 Å². The van der Waals surface area contributed by atoms with Crippen LogP contribution in [0, 0.1) is 25.7 Å². The molecule has 1 N–H and O–H groups in total. The van der Waals surface area contributed by atoms with Crippen molar-refractivity contribution in [3.05, 3.63) is 17.6 Å². The normalized spacial score (nSPS) is 24.3. The molecule has 0 aromatic carbocycles. The first kappa shape index (κ1) is 13.3. The van der Waals surface area contributed by atoms with Crippen molar-refractivity contribution in [1.82, 2.24) is 9.97 Å². The summed E-state index contributed by atoms with van der Waals surface area (Å²) in [6.07, 6.45) is 5.33. The van der Waals surface area contributed by atoms with E-state index < -0.39 is 0 Å². The van der Waals surface area contributed by atoms with Crippen LogP contribution in [0.4, 0.5) is 5.82 Å². The van der Waals surface area contributed by atoms with Gasteiger partial charge in [-0.3, -0.25) is 0 Å². The lowest BCUT2D eigenvalue weighted by molar-refractivity contribution is 0.253. The SMILES string of the molecule is Cc1cc(NC2CCCCC2C(C)C)nc(C)n1. The molecule has 1 aromatic heterocycles. The number of aryl methyl sites for hydroxylation is 2. The van der Waals surface area contributed by atoms with E-state index in [-0.39, 0.29) is 0 Å². The van der Waals surface area contributed by atoms with Gasteiger partial charge in [-0.2, -0.15) is 0 Å². The van der Waals surface area contributed by atoms with Crippen molar-refractivity contribution in [2.24, 2.45) is 11.8 Å². The summed E-state index contributed by atoms with van der Waals surface area (Å²) in [5.74, 6) is 3.37. The maximum absolute atomic E-state index is 4.50. The fourth-order valence-electron chi connectivity index (χ4n) is 3.12. The summed E-state index contributed by atoms with van der Waals surface area (Å²) in [7, 11) is 0. The van der Waals surface area contributed by atoms with Crippen molar-refractivity contribution >= 4 is 5.82 Å². The van der Waals surface area contributed by atoms with E-state index in [1.54, 1.807) is 0 Å². The molecule has 0 bridgehead atoms. The second-order valence-corrected chi connectivity index (χ2v) is 5.88. The minimum absolute atomic E-state index is 0.576. The third kappa shape index (κ3) is 3.21. The second kappa shape index (κ2) is 5.68. The molecule has 0 amide bonds. The minimum atomic E-state index is 0.576. The zero-order valence-corrected chi connectivity index (χ0v) is 12.0. The zero-order chi connectivity index (χ0) is 13.1. The van der Waals surface area contributed by atoms with Gasteiger partial charge in [0.15, 0.2) is 0 Å². The van der Waals surface area contributed by atoms with Gasteiger partial charge in [0.2, 0.25) is 0 Å². The van der Waals surface area contributed by atoms with Crippen molar-refractivity contribution in [3.63, 3.8) is 0 Å². The van der Waals surface area contributed by atoms with Gasteiger partial charge in [-0.15, -0.1) is 0 Å². The van der Waals surface area contributed by atoms with Crippen LogP contribution in [0.25, 0.3) is 0 Å². The van der Waals surface area contributed by atoms with Gasteiger partial charge in [0, 0.05) is 17.8 Å². The maximum Gasteiger partial charge on any atom is 0.130 e. The molecule has 0 aliphatic heterocycles. The first-order valence-corrected chi connectivity index (χ1v) is 7.15. The van der Waals surface area contributed by atoms with Gasteiger partial charge < -0.3 is 5.32 Å². The summed E-state index contributed by atoms with van der Waals surface area (Å²) >= 11 is 0. The topological polar surface area (TPSA) is 37.8 Å². The Kier molecular flexibility index (Phi) is 4.20. The summed E-state index contributed by atoms with van der Waals surface area (Å²) < 4.78 is 0.